The number of nitrogens with zero attached hydrogens (tertiary/aromatic N) is 1. The van der Waals surface area contributed by atoms with Crippen LogP contribution in [-0.2, 0) is 14.8 Å². The lowest BCUT2D eigenvalue weighted by Gasteiger charge is -2.20. The molecule has 0 aliphatic heterocycles. The third-order valence-electron chi connectivity index (χ3n) is 2.78. The number of amides is 1. The first-order valence-electron chi connectivity index (χ1n) is 6.43. The number of hydrogen-bond donors (Lipinski definition) is 2. The predicted octanol–water partition coefficient (Wildman–Crippen LogP) is 0.531. The van der Waals surface area contributed by atoms with Crippen LogP contribution in [0.5, 0.6) is 0 Å². The fraction of sp³-hybridized carbons (Fsp3) is 0.385. The summed E-state index contributed by atoms with van der Waals surface area (Å²) in [4.78, 5) is 22.4. The topological polar surface area (TPSA) is 104 Å². The lowest BCUT2D eigenvalue weighted by molar-refractivity contribution is -0.121. The zero-order chi connectivity index (χ0) is 16.0. The molecule has 0 saturated carbocycles. The molecular formula is C13H18N2O5S. The first-order chi connectivity index (χ1) is 9.84. The van der Waals surface area contributed by atoms with Crippen LogP contribution in [-0.4, -0.2) is 49.3 Å². The molecule has 8 heteroatoms. The highest BCUT2D eigenvalue weighted by Crippen LogP contribution is 2.20. The Hall–Kier alpha value is -1.93. The summed E-state index contributed by atoms with van der Waals surface area (Å²) in [6.45, 7) is 3.42. The van der Waals surface area contributed by atoms with E-state index in [-0.39, 0.29) is 23.5 Å². The summed E-state index contributed by atoms with van der Waals surface area (Å²) in [5.74, 6) is -1.76. The minimum absolute atomic E-state index is 0.0629. The smallest absolute Gasteiger partial charge is 0.337 e. The Morgan fingerprint density at radius 2 is 1.86 bits per heavy atom. The molecule has 0 saturated heterocycles. The molecule has 1 amide bonds. The number of aromatic carboxylic acids is 1. The van der Waals surface area contributed by atoms with Crippen molar-refractivity contribution in [1.82, 2.24) is 9.62 Å². The van der Waals surface area contributed by atoms with Crippen LogP contribution in [0.15, 0.2) is 29.2 Å². The number of hydrogen-bond acceptors (Lipinski definition) is 4. The summed E-state index contributed by atoms with van der Waals surface area (Å²) in [5.41, 5.74) is -0.313. The van der Waals surface area contributed by atoms with Crippen molar-refractivity contribution in [3.8, 4) is 0 Å². The summed E-state index contributed by atoms with van der Waals surface area (Å²) in [6, 6.07) is 5.33. The van der Waals surface area contributed by atoms with E-state index in [4.69, 9.17) is 5.11 Å². The van der Waals surface area contributed by atoms with Crippen molar-refractivity contribution >= 4 is 21.9 Å². The van der Waals surface area contributed by atoms with Gasteiger partial charge in [-0.2, -0.15) is 4.31 Å². The van der Waals surface area contributed by atoms with Crippen molar-refractivity contribution in [2.24, 2.45) is 0 Å². The molecule has 0 aromatic heterocycles. The van der Waals surface area contributed by atoms with Gasteiger partial charge in [0, 0.05) is 13.1 Å². The molecule has 7 nitrogen and oxygen atoms in total. The molecule has 0 aliphatic carbocycles. The van der Waals surface area contributed by atoms with Gasteiger partial charge < -0.3 is 10.4 Å². The average molecular weight is 314 g/mol. The normalized spacial score (nSPS) is 11.4. The lowest BCUT2D eigenvalue weighted by atomic mass is 10.2. The Balaban J connectivity index is 3.19. The molecule has 0 unspecified atom stereocenters. The monoisotopic (exact) mass is 314 g/mol. The standard InChI is InChI=1S/C13H18N2O5S/c1-3-14-12(16)9-15(4-2)21(19,20)11-8-6-5-7-10(11)13(17)18/h5-8H,3-4,9H2,1-2H3,(H,14,16)(H,17,18). The first kappa shape index (κ1) is 17.1. The minimum atomic E-state index is -4.05. The van der Waals surface area contributed by atoms with Crippen molar-refractivity contribution in [3.63, 3.8) is 0 Å². The molecule has 21 heavy (non-hydrogen) atoms. The zero-order valence-electron chi connectivity index (χ0n) is 11.9. The van der Waals surface area contributed by atoms with Gasteiger partial charge in [-0.3, -0.25) is 4.79 Å². The number of carbonyl (C=O) groups is 2. The first-order valence-corrected chi connectivity index (χ1v) is 7.87. The van der Waals surface area contributed by atoms with E-state index in [9.17, 15) is 18.0 Å². The molecule has 0 fully saturated rings. The number of likely N-dealkylation sites (N-methyl/N-ethyl adjacent to an activating group) is 2. The summed E-state index contributed by atoms with van der Waals surface area (Å²) in [6.07, 6.45) is 0. The fourth-order valence-electron chi connectivity index (χ4n) is 1.79. The largest absolute Gasteiger partial charge is 0.478 e. The van der Waals surface area contributed by atoms with Crippen molar-refractivity contribution in [3.05, 3.63) is 29.8 Å². The van der Waals surface area contributed by atoms with E-state index in [0.29, 0.717) is 6.54 Å². The molecule has 0 spiro atoms. The number of rotatable bonds is 7. The molecule has 0 radical (unpaired) electrons. The van der Waals surface area contributed by atoms with Crippen LogP contribution in [0.2, 0.25) is 0 Å². The van der Waals surface area contributed by atoms with Crippen LogP contribution in [0, 0.1) is 0 Å². The Morgan fingerprint density at radius 1 is 1.24 bits per heavy atom. The van der Waals surface area contributed by atoms with Crippen LogP contribution in [0.25, 0.3) is 0 Å². The van der Waals surface area contributed by atoms with Gasteiger partial charge in [-0.25, -0.2) is 13.2 Å². The van der Waals surface area contributed by atoms with Crippen molar-refractivity contribution in [2.75, 3.05) is 19.6 Å². The fourth-order valence-corrected chi connectivity index (χ4v) is 3.38. The van der Waals surface area contributed by atoms with Gasteiger partial charge in [0.2, 0.25) is 15.9 Å². The Bertz CT molecular complexity index is 627. The maximum atomic E-state index is 12.5. The maximum absolute atomic E-state index is 12.5. The van der Waals surface area contributed by atoms with Gasteiger partial charge in [0.25, 0.3) is 0 Å². The van der Waals surface area contributed by atoms with Gasteiger partial charge in [0.15, 0.2) is 0 Å². The summed E-state index contributed by atoms with van der Waals surface area (Å²) in [7, 11) is -4.05. The molecule has 2 N–H and O–H groups in total. The number of carboxylic acid groups (broad SMARTS) is 1. The van der Waals surface area contributed by atoms with E-state index in [1.54, 1.807) is 13.8 Å². The van der Waals surface area contributed by atoms with Gasteiger partial charge in [-0.05, 0) is 19.1 Å². The van der Waals surface area contributed by atoms with E-state index < -0.39 is 21.9 Å². The third-order valence-corrected chi connectivity index (χ3v) is 4.76. The molecule has 116 valence electrons. The number of carboxylic acids is 1. The molecular weight excluding hydrogens is 296 g/mol. The Labute approximate surface area is 123 Å². The van der Waals surface area contributed by atoms with E-state index in [0.717, 1.165) is 4.31 Å². The SMILES string of the molecule is CCNC(=O)CN(CC)S(=O)(=O)c1ccccc1C(=O)O. The van der Waals surface area contributed by atoms with Crippen molar-refractivity contribution in [1.29, 1.82) is 0 Å². The molecule has 0 bridgehead atoms. The third kappa shape index (κ3) is 4.02. The summed E-state index contributed by atoms with van der Waals surface area (Å²) >= 11 is 0. The van der Waals surface area contributed by atoms with Crippen LogP contribution < -0.4 is 5.32 Å². The van der Waals surface area contributed by atoms with Gasteiger partial charge in [0.1, 0.15) is 0 Å². The maximum Gasteiger partial charge on any atom is 0.337 e. The predicted molar refractivity (Wildman–Crippen MR) is 76.5 cm³/mol. The summed E-state index contributed by atoms with van der Waals surface area (Å²) in [5, 5.41) is 11.6. The number of nitrogens with one attached hydrogen (secondary N) is 1. The van der Waals surface area contributed by atoms with Gasteiger partial charge in [-0.15, -0.1) is 0 Å². The van der Waals surface area contributed by atoms with E-state index in [2.05, 4.69) is 5.32 Å². The molecule has 0 atom stereocenters. The van der Waals surface area contributed by atoms with Crippen LogP contribution in [0.1, 0.15) is 24.2 Å². The second-order valence-corrected chi connectivity index (χ2v) is 6.09. The highest BCUT2D eigenvalue weighted by molar-refractivity contribution is 7.89. The number of carbonyl (C=O) groups excluding carboxylic acids is 1. The summed E-state index contributed by atoms with van der Waals surface area (Å²) < 4.78 is 26.0. The lowest BCUT2D eigenvalue weighted by Crippen LogP contribution is -2.40. The zero-order valence-corrected chi connectivity index (χ0v) is 12.7. The van der Waals surface area contributed by atoms with Gasteiger partial charge in [-0.1, -0.05) is 19.1 Å². The second kappa shape index (κ2) is 7.19. The van der Waals surface area contributed by atoms with E-state index in [1.807, 2.05) is 0 Å². The molecule has 1 aromatic rings. The Morgan fingerprint density at radius 3 is 2.38 bits per heavy atom. The van der Waals surface area contributed by atoms with Crippen LogP contribution in [0.3, 0.4) is 0 Å². The molecule has 1 rings (SSSR count). The van der Waals surface area contributed by atoms with Crippen LogP contribution >= 0.6 is 0 Å². The minimum Gasteiger partial charge on any atom is -0.478 e. The van der Waals surface area contributed by atoms with Crippen LogP contribution in [0.4, 0.5) is 0 Å². The van der Waals surface area contributed by atoms with E-state index in [1.165, 1.54) is 24.3 Å². The number of benzene rings is 1. The average Bonchev–Trinajstić information content (AvgIpc) is 2.44. The van der Waals surface area contributed by atoms with E-state index >= 15 is 0 Å². The molecule has 0 heterocycles. The second-order valence-electron chi connectivity index (χ2n) is 4.19. The number of sulfonamides is 1. The van der Waals surface area contributed by atoms with Crippen molar-refractivity contribution in [2.45, 2.75) is 18.7 Å². The molecule has 0 aliphatic rings. The highest BCUT2D eigenvalue weighted by atomic mass is 32.2. The van der Waals surface area contributed by atoms with Gasteiger partial charge >= 0.3 is 5.97 Å². The Kier molecular flexibility index (Phi) is 5.86. The van der Waals surface area contributed by atoms with Crippen molar-refractivity contribution < 1.29 is 23.1 Å². The highest BCUT2D eigenvalue weighted by Gasteiger charge is 2.29. The quantitative estimate of drug-likeness (QED) is 0.764. The molecule has 1 aromatic carbocycles. The van der Waals surface area contributed by atoms with Gasteiger partial charge in [0.05, 0.1) is 17.0 Å².